The minimum absolute atomic E-state index is 0.161. The van der Waals surface area contributed by atoms with Gasteiger partial charge in [0.15, 0.2) is 0 Å². The normalized spacial score (nSPS) is 16.5. The summed E-state index contributed by atoms with van der Waals surface area (Å²) in [6, 6.07) is 0.161. The first kappa shape index (κ1) is 14.3. The standard InChI is InChI=1S/C14H20ClN3O/c1-8(2)13-16-7-11(15)12(18-13)14(19)17-9(3)6-10-4-5-10/h7-10H,4-6H2,1-3H3,(H,17,19). The van der Waals surface area contributed by atoms with Crippen LogP contribution in [0.15, 0.2) is 6.20 Å². The number of nitrogens with zero attached hydrogens (tertiary/aromatic N) is 2. The van der Waals surface area contributed by atoms with Gasteiger partial charge >= 0.3 is 0 Å². The van der Waals surface area contributed by atoms with Gasteiger partial charge in [-0.15, -0.1) is 0 Å². The van der Waals surface area contributed by atoms with E-state index in [1.165, 1.54) is 19.0 Å². The zero-order valence-electron chi connectivity index (χ0n) is 11.6. The molecule has 4 nitrogen and oxygen atoms in total. The van der Waals surface area contributed by atoms with Gasteiger partial charge in [-0.2, -0.15) is 0 Å². The molecule has 1 unspecified atom stereocenters. The van der Waals surface area contributed by atoms with Crippen LogP contribution in [0.2, 0.25) is 5.02 Å². The number of halogens is 1. The van der Waals surface area contributed by atoms with Gasteiger partial charge in [0, 0.05) is 12.0 Å². The van der Waals surface area contributed by atoms with E-state index in [0.717, 1.165) is 12.3 Å². The summed E-state index contributed by atoms with van der Waals surface area (Å²) in [5, 5.41) is 3.27. The summed E-state index contributed by atoms with van der Waals surface area (Å²) in [6.45, 7) is 6.00. The number of carbonyl (C=O) groups is 1. The summed E-state index contributed by atoms with van der Waals surface area (Å²) in [7, 11) is 0. The third-order valence-corrected chi connectivity index (χ3v) is 3.53. The van der Waals surface area contributed by atoms with E-state index >= 15 is 0 Å². The van der Waals surface area contributed by atoms with Crippen LogP contribution in [0.3, 0.4) is 0 Å². The molecule has 1 fully saturated rings. The van der Waals surface area contributed by atoms with Crippen molar-refractivity contribution in [2.75, 3.05) is 0 Å². The van der Waals surface area contributed by atoms with Crippen LogP contribution in [-0.4, -0.2) is 21.9 Å². The molecule has 0 saturated heterocycles. The Morgan fingerprint density at radius 3 is 2.74 bits per heavy atom. The van der Waals surface area contributed by atoms with E-state index in [1.807, 2.05) is 20.8 Å². The lowest BCUT2D eigenvalue weighted by Crippen LogP contribution is -2.34. The fraction of sp³-hybridized carbons (Fsp3) is 0.643. The van der Waals surface area contributed by atoms with Crippen molar-refractivity contribution in [1.82, 2.24) is 15.3 Å². The zero-order chi connectivity index (χ0) is 14.0. The first-order chi connectivity index (χ1) is 8.97. The molecule has 1 aromatic rings. The van der Waals surface area contributed by atoms with Gasteiger partial charge in [0.05, 0.1) is 11.2 Å². The van der Waals surface area contributed by atoms with Crippen LogP contribution < -0.4 is 5.32 Å². The molecule has 1 amide bonds. The predicted octanol–water partition coefficient (Wildman–Crippen LogP) is 3.17. The van der Waals surface area contributed by atoms with Gasteiger partial charge in [-0.05, 0) is 19.3 Å². The first-order valence-corrected chi connectivity index (χ1v) is 7.18. The van der Waals surface area contributed by atoms with Crippen molar-refractivity contribution in [1.29, 1.82) is 0 Å². The molecular formula is C14H20ClN3O. The quantitative estimate of drug-likeness (QED) is 0.902. The molecule has 1 heterocycles. The molecule has 1 aliphatic rings. The number of carbonyl (C=O) groups excluding carboxylic acids is 1. The van der Waals surface area contributed by atoms with Gasteiger partial charge in [-0.25, -0.2) is 9.97 Å². The second-order valence-electron chi connectivity index (χ2n) is 5.63. The summed E-state index contributed by atoms with van der Waals surface area (Å²) < 4.78 is 0. The van der Waals surface area contributed by atoms with Gasteiger partial charge in [0.25, 0.3) is 5.91 Å². The molecule has 0 bridgehead atoms. The largest absolute Gasteiger partial charge is 0.348 e. The molecule has 1 saturated carbocycles. The second kappa shape index (κ2) is 5.87. The van der Waals surface area contributed by atoms with Crippen LogP contribution in [0.25, 0.3) is 0 Å². The van der Waals surface area contributed by atoms with Crippen LogP contribution in [0.1, 0.15) is 62.3 Å². The van der Waals surface area contributed by atoms with Crippen molar-refractivity contribution in [2.45, 2.75) is 52.0 Å². The average Bonchev–Trinajstić information content (AvgIpc) is 3.12. The molecule has 0 aromatic carbocycles. The summed E-state index contributed by atoms with van der Waals surface area (Å²) in [5.41, 5.74) is 0.281. The second-order valence-corrected chi connectivity index (χ2v) is 6.04. The van der Waals surface area contributed by atoms with E-state index in [9.17, 15) is 4.79 Å². The Bertz CT molecular complexity index is 472. The van der Waals surface area contributed by atoms with Crippen LogP contribution in [0.5, 0.6) is 0 Å². The van der Waals surface area contributed by atoms with Gasteiger partial charge < -0.3 is 5.32 Å². The topological polar surface area (TPSA) is 54.9 Å². The summed E-state index contributed by atoms with van der Waals surface area (Å²) in [6.07, 6.45) is 5.10. The van der Waals surface area contributed by atoms with Crippen molar-refractivity contribution in [3.8, 4) is 0 Å². The highest BCUT2D eigenvalue weighted by atomic mass is 35.5. The molecule has 1 atom stereocenters. The van der Waals surface area contributed by atoms with Crippen LogP contribution >= 0.6 is 11.6 Å². The van der Waals surface area contributed by atoms with E-state index in [2.05, 4.69) is 15.3 Å². The van der Waals surface area contributed by atoms with Gasteiger partial charge in [0.2, 0.25) is 0 Å². The molecule has 104 valence electrons. The SMILES string of the molecule is CC(CC1CC1)NC(=O)c1nc(C(C)C)ncc1Cl. The summed E-state index contributed by atoms with van der Waals surface area (Å²) >= 11 is 6.01. The maximum Gasteiger partial charge on any atom is 0.271 e. The third-order valence-electron chi connectivity index (χ3n) is 3.26. The molecule has 19 heavy (non-hydrogen) atoms. The van der Waals surface area contributed by atoms with E-state index in [0.29, 0.717) is 10.8 Å². The fourth-order valence-electron chi connectivity index (χ4n) is 2.02. The number of hydrogen-bond acceptors (Lipinski definition) is 3. The van der Waals surface area contributed by atoms with Crippen LogP contribution in [-0.2, 0) is 0 Å². The predicted molar refractivity (Wildman–Crippen MR) is 75.4 cm³/mol. The maximum atomic E-state index is 12.2. The van der Waals surface area contributed by atoms with E-state index in [4.69, 9.17) is 11.6 Å². The maximum absolute atomic E-state index is 12.2. The molecule has 2 rings (SSSR count). The molecule has 1 aromatic heterocycles. The Morgan fingerprint density at radius 1 is 1.47 bits per heavy atom. The number of aromatic nitrogens is 2. The minimum atomic E-state index is -0.206. The highest BCUT2D eigenvalue weighted by Crippen LogP contribution is 2.33. The van der Waals surface area contributed by atoms with Crippen molar-refractivity contribution in [3.63, 3.8) is 0 Å². The van der Waals surface area contributed by atoms with E-state index in [-0.39, 0.29) is 23.6 Å². The number of amides is 1. The Hall–Kier alpha value is -1.16. The average molecular weight is 282 g/mol. The van der Waals surface area contributed by atoms with Crippen molar-refractivity contribution >= 4 is 17.5 Å². The molecule has 1 N–H and O–H groups in total. The smallest absolute Gasteiger partial charge is 0.271 e. The van der Waals surface area contributed by atoms with Crippen LogP contribution in [0.4, 0.5) is 0 Å². The molecule has 0 spiro atoms. The summed E-state index contributed by atoms with van der Waals surface area (Å²) in [4.78, 5) is 20.6. The van der Waals surface area contributed by atoms with E-state index in [1.54, 1.807) is 0 Å². The van der Waals surface area contributed by atoms with Crippen molar-refractivity contribution < 1.29 is 4.79 Å². The molecule has 1 aliphatic carbocycles. The Kier molecular flexibility index (Phi) is 4.40. The highest BCUT2D eigenvalue weighted by Gasteiger charge is 2.25. The third kappa shape index (κ3) is 3.90. The Balaban J connectivity index is 2.06. The number of nitrogens with one attached hydrogen (secondary N) is 1. The zero-order valence-corrected chi connectivity index (χ0v) is 12.4. The van der Waals surface area contributed by atoms with Gasteiger partial charge in [0.1, 0.15) is 11.5 Å². The summed E-state index contributed by atoms with van der Waals surface area (Å²) in [5.74, 6) is 1.39. The lowest BCUT2D eigenvalue weighted by Gasteiger charge is -2.14. The van der Waals surface area contributed by atoms with Gasteiger partial charge in [-0.3, -0.25) is 4.79 Å². The van der Waals surface area contributed by atoms with E-state index < -0.39 is 0 Å². The van der Waals surface area contributed by atoms with Crippen LogP contribution in [0, 0.1) is 5.92 Å². The molecule has 0 aliphatic heterocycles. The highest BCUT2D eigenvalue weighted by molar-refractivity contribution is 6.33. The number of hydrogen-bond donors (Lipinski definition) is 1. The molecule has 5 heteroatoms. The lowest BCUT2D eigenvalue weighted by molar-refractivity contribution is 0.0932. The van der Waals surface area contributed by atoms with Gasteiger partial charge in [-0.1, -0.05) is 38.3 Å². The first-order valence-electron chi connectivity index (χ1n) is 6.80. The molecule has 0 radical (unpaired) electrons. The lowest BCUT2D eigenvalue weighted by atomic mass is 10.1. The fourth-order valence-corrected chi connectivity index (χ4v) is 2.20. The Labute approximate surface area is 119 Å². The Morgan fingerprint density at radius 2 is 2.16 bits per heavy atom. The van der Waals surface area contributed by atoms with Crippen molar-refractivity contribution in [3.05, 3.63) is 22.7 Å². The molecular weight excluding hydrogens is 262 g/mol. The van der Waals surface area contributed by atoms with Crippen molar-refractivity contribution in [2.24, 2.45) is 5.92 Å². The monoisotopic (exact) mass is 281 g/mol. The number of rotatable bonds is 5. The minimum Gasteiger partial charge on any atom is -0.348 e.